The van der Waals surface area contributed by atoms with Crippen LogP contribution in [0.15, 0.2) is 36.5 Å². The molecule has 0 bridgehead atoms. The summed E-state index contributed by atoms with van der Waals surface area (Å²) in [6.07, 6.45) is 7.48. The third-order valence-electron chi connectivity index (χ3n) is 2.39. The van der Waals surface area contributed by atoms with Gasteiger partial charge in [-0.1, -0.05) is 30.9 Å². The standard InChI is InChI=1S/C13H18O3/c1-3-5-6-11(4-2)9-16-13-10-15-8-7-12(13)14/h3-6,13H,1,7-10H2,2H3/b6-5-,11-4+/t13-/m1/s1. The Hall–Kier alpha value is -1.19. The topological polar surface area (TPSA) is 35.5 Å². The van der Waals surface area contributed by atoms with Gasteiger partial charge in [0.15, 0.2) is 5.78 Å². The van der Waals surface area contributed by atoms with Gasteiger partial charge in [-0.15, -0.1) is 0 Å². The van der Waals surface area contributed by atoms with Crippen LogP contribution in [0, 0.1) is 0 Å². The molecule has 3 heteroatoms. The van der Waals surface area contributed by atoms with Gasteiger partial charge in [-0.05, 0) is 12.5 Å². The number of carbonyl (C=O) groups excluding carboxylic acids is 1. The van der Waals surface area contributed by atoms with Crippen LogP contribution in [0.3, 0.4) is 0 Å². The van der Waals surface area contributed by atoms with Crippen molar-refractivity contribution in [2.45, 2.75) is 19.4 Å². The Kier molecular flexibility index (Phi) is 5.75. The van der Waals surface area contributed by atoms with Gasteiger partial charge in [0.25, 0.3) is 0 Å². The summed E-state index contributed by atoms with van der Waals surface area (Å²) in [6, 6.07) is 0. The highest BCUT2D eigenvalue weighted by molar-refractivity contribution is 5.83. The van der Waals surface area contributed by atoms with Crippen molar-refractivity contribution in [2.75, 3.05) is 19.8 Å². The van der Waals surface area contributed by atoms with E-state index in [1.54, 1.807) is 6.08 Å². The van der Waals surface area contributed by atoms with Crippen molar-refractivity contribution in [3.63, 3.8) is 0 Å². The molecule has 0 aromatic carbocycles. The molecule has 1 aliphatic rings. The third-order valence-corrected chi connectivity index (χ3v) is 2.39. The SMILES string of the molecule is C=C/C=C\C(=C/C)CO[C@@H]1COCCC1=O. The Labute approximate surface area is 96.4 Å². The number of Topliss-reactive ketones (excluding diaryl/α,β-unsaturated/α-hetero) is 1. The van der Waals surface area contributed by atoms with Crippen molar-refractivity contribution in [3.05, 3.63) is 36.5 Å². The lowest BCUT2D eigenvalue weighted by Gasteiger charge is -2.21. The number of ketones is 1. The Morgan fingerprint density at radius 3 is 3.12 bits per heavy atom. The molecule has 0 aromatic rings. The fraction of sp³-hybridized carbons (Fsp3) is 0.462. The first-order valence-corrected chi connectivity index (χ1v) is 5.44. The predicted molar refractivity (Wildman–Crippen MR) is 63.3 cm³/mol. The third kappa shape index (κ3) is 4.13. The van der Waals surface area contributed by atoms with Crippen LogP contribution < -0.4 is 0 Å². The lowest BCUT2D eigenvalue weighted by Crippen LogP contribution is -2.35. The maximum Gasteiger partial charge on any atom is 0.166 e. The van der Waals surface area contributed by atoms with Crippen molar-refractivity contribution in [2.24, 2.45) is 0 Å². The summed E-state index contributed by atoms with van der Waals surface area (Å²) in [7, 11) is 0. The van der Waals surface area contributed by atoms with Crippen molar-refractivity contribution in [1.29, 1.82) is 0 Å². The summed E-state index contributed by atoms with van der Waals surface area (Å²) >= 11 is 0. The van der Waals surface area contributed by atoms with Crippen molar-refractivity contribution in [1.82, 2.24) is 0 Å². The van der Waals surface area contributed by atoms with Crippen LogP contribution >= 0.6 is 0 Å². The average molecular weight is 222 g/mol. The molecular weight excluding hydrogens is 204 g/mol. The second kappa shape index (κ2) is 7.14. The molecule has 0 spiro atoms. The van der Waals surface area contributed by atoms with Gasteiger partial charge in [0.2, 0.25) is 0 Å². The molecule has 16 heavy (non-hydrogen) atoms. The molecule has 1 fully saturated rings. The summed E-state index contributed by atoms with van der Waals surface area (Å²) in [4.78, 5) is 11.5. The molecule has 1 aliphatic heterocycles. The smallest absolute Gasteiger partial charge is 0.166 e. The molecule has 1 rings (SSSR count). The molecule has 0 amide bonds. The van der Waals surface area contributed by atoms with E-state index in [9.17, 15) is 4.79 Å². The molecule has 0 N–H and O–H groups in total. The maximum absolute atomic E-state index is 11.5. The second-order valence-electron chi connectivity index (χ2n) is 3.55. The van der Waals surface area contributed by atoms with E-state index in [1.165, 1.54) is 0 Å². The summed E-state index contributed by atoms with van der Waals surface area (Å²) in [5.74, 6) is 0.134. The number of ether oxygens (including phenoxy) is 2. The lowest BCUT2D eigenvalue weighted by molar-refractivity contribution is -0.141. The lowest BCUT2D eigenvalue weighted by atomic mass is 10.1. The largest absolute Gasteiger partial charge is 0.378 e. The van der Waals surface area contributed by atoms with Crippen LogP contribution in [0.5, 0.6) is 0 Å². The Morgan fingerprint density at radius 1 is 1.69 bits per heavy atom. The fourth-order valence-corrected chi connectivity index (χ4v) is 1.37. The fourth-order valence-electron chi connectivity index (χ4n) is 1.37. The number of hydrogen-bond acceptors (Lipinski definition) is 3. The zero-order valence-corrected chi connectivity index (χ0v) is 9.65. The number of allylic oxidation sites excluding steroid dienone is 3. The van der Waals surface area contributed by atoms with Gasteiger partial charge in [-0.2, -0.15) is 0 Å². The Bertz CT molecular complexity index is 302. The van der Waals surface area contributed by atoms with Crippen LogP contribution in [0.2, 0.25) is 0 Å². The van der Waals surface area contributed by atoms with E-state index in [0.717, 1.165) is 5.57 Å². The van der Waals surface area contributed by atoms with E-state index >= 15 is 0 Å². The normalized spacial score (nSPS) is 22.7. The first kappa shape index (κ1) is 12.9. The van der Waals surface area contributed by atoms with Gasteiger partial charge in [0.1, 0.15) is 6.10 Å². The molecule has 0 aliphatic carbocycles. The Balaban J connectivity index is 2.39. The molecule has 0 unspecified atom stereocenters. The molecule has 1 saturated heterocycles. The second-order valence-corrected chi connectivity index (χ2v) is 3.55. The van der Waals surface area contributed by atoms with E-state index in [2.05, 4.69) is 6.58 Å². The van der Waals surface area contributed by atoms with Gasteiger partial charge in [-0.25, -0.2) is 0 Å². The van der Waals surface area contributed by atoms with Gasteiger partial charge >= 0.3 is 0 Å². The molecule has 88 valence electrons. The van der Waals surface area contributed by atoms with Gasteiger partial charge in [0.05, 0.1) is 19.8 Å². The zero-order valence-electron chi connectivity index (χ0n) is 9.65. The Morgan fingerprint density at radius 2 is 2.50 bits per heavy atom. The highest BCUT2D eigenvalue weighted by Gasteiger charge is 2.23. The van der Waals surface area contributed by atoms with Crippen LogP contribution in [0.25, 0.3) is 0 Å². The van der Waals surface area contributed by atoms with E-state index < -0.39 is 6.10 Å². The van der Waals surface area contributed by atoms with E-state index in [0.29, 0.717) is 26.2 Å². The minimum Gasteiger partial charge on any atom is -0.378 e. The van der Waals surface area contributed by atoms with Crippen LogP contribution in [0.4, 0.5) is 0 Å². The van der Waals surface area contributed by atoms with Gasteiger partial charge in [0, 0.05) is 6.42 Å². The maximum atomic E-state index is 11.5. The highest BCUT2D eigenvalue weighted by atomic mass is 16.5. The molecule has 0 aromatic heterocycles. The van der Waals surface area contributed by atoms with Crippen LogP contribution in [-0.2, 0) is 14.3 Å². The average Bonchev–Trinajstić information content (AvgIpc) is 2.31. The molecule has 1 atom stereocenters. The minimum atomic E-state index is -0.402. The molecule has 0 radical (unpaired) electrons. The molecule has 1 heterocycles. The van der Waals surface area contributed by atoms with Gasteiger partial charge in [-0.3, -0.25) is 4.79 Å². The first-order chi connectivity index (χ1) is 7.77. The first-order valence-electron chi connectivity index (χ1n) is 5.44. The van der Waals surface area contributed by atoms with E-state index in [4.69, 9.17) is 9.47 Å². The van der Waals surface area contributed by atoms with Crippen LogP contribution in [0.1, 0.15) is 13.3 Å². The number of carbonyl (C=O) groups is 1. The van der Waals surface area contributed by atoms with Gasteiger partial charge < -0.3 is 9.47 Å². The van der Waals surface area contributed by atoms with Crippen molar-refractivity contribution < 1.29 is 14.3 Å². The van der Waals surface area contributed by atoms with Crippen LogP contribution in [-0.4, -0.2) is 31.7 Å². The predicted octanol–water partition coefficient (Wildman–Crippen LogP) is 2.05. The molecule has 3 nitrogen and oxygen atoms in total. The summed E-state index contributed by atoms with van der Waals surface area (Å²) in [6.45, 7) is 6.86. The summed E-state index contributed by atoms with van der Waals surface area (Å²) in [5, 5.41) is 0. The van der Waals surface area contributed by atoms with Crippen molar-refractivity contribution in [3.8, 4) is 0 Å². The van der Waals surface area contributed by atoms with E-state index in [1.807, 2.05) is 25.2 Å². The summed E-state index contributed by atoms with van der Waals surface area (Å²) < 4.78 is 10.7. The minimum absolute atomic E-state index is 0.134. The van der Waals surface area contributed by atoms with Crippen molar-refractivity contribution >= 4 is 5.78 Å². The number of rotatable bonds is 5. The molecule has 0 saturated carbocycles. The highest BCUT2D eigenvalue weighted by Crippen LogP contribution is 2.08. The summed E-state index contributed by atoms with van der Waals surface area (Å²) in [5.41, 5.74) is 1.03. The van der Waals surface area contributed by atoms with E-state index in [-0.39, 0.29) is 5.78 Å². The zero-order chi connectivity index (χ0) is 11.8. The quantitative estimate of drug-likeness (QED) is 0.668. The number of hydrogen-bond donors (Lipinski definition) is 0. The monoisotopic (exact) mass is 222 g/mol. The molecular formula is C13H18O3.